The smallest absolute Gasteiger partial charge is 0.226 e. The van der Waals surface area contributed by atoms with Gasteiger partial charge in [0.1, 0.15) is 0 Å². The van der Waals surface area contributed by atoms with E-state index in [1.807, 2.05) is 0 Å². The van der Waals surface area contributed by atoms with Crippen LogP contribution in [0.3, 0.4) is 0 Å². The molecule has 1 saturated carbocycles. The van der Waals surface area contributed by atoms with Gasteiger partial charge in [0, 0.05) is 31.5 Å². The molecule has 3 heteroatoms. The van der Waals surface area contributed by atoms with Crippen LogP contribution in [-0.4, -0.2) is 30.4 Å². The van der Waals surface area contributed by atoms with Crippen LogP contribution in [0, 0.1) is 17.8 Å². The van der Waals surface area contributed by atoms with Crippen molar-refractivity contribution in [2.75, 3.05) is 19.6 Å². The number of amides is 1. The monoisotopic (exact) mass is 284 g/mol. The Kier molecular flexibility index (Phi) is 3.46. The maximum absolute atomic E-state index is 13.0. The van der Waals surface area contributed by atoms with Gasteiger partial charge in [-0.3, -0.25) is 4.79 Å². The summed E-state index contributed by atoms with van der Waals surface area (Å²) in [6.07, 6.45) is 4.66. The van der Waals surface area contributed by atoms with E-state index in [9.17, 15) is 4.79 Å². The minimum atomic E-state index is 0.291. The highest BCUT2D eigenvalue weighted by molar-refractivity contribution is 5.80. The minimum absolute atomic E-state index is 0.291. The molecule has 112 valence electrons. The number of nitrogens with zero attached hydrogens (tertiary/aromatic N) is 1. The number of nitrogens with one attached hydrogen (secondary N) is 1. The zero-order valence-corrected chi connectivity index (χ0v) is 12.5. The molecule has 21 heavy (non-hydrogen) atoms. The highest BCUT2D eigenvalue weighted by Gasteiger charge is 2.47. The maximum atomic E-state index is 13.0. The summed E-state index contributed by atoms with van der Waals surface area (Å²) in [6.45, 7) is 3.08. The summed E-state index contributed by atoms with van der Waals surface area (Å²) in [4.78, 5) is 15.2. The van der Waals surface area contributed by atoms with E-state index in [0.717, 1.165) is 32.5 Å². The van der Waals surface area contributed by atoms with Gasteiger partial charge >= 0.3 is 0 Å². The van der Waals surface area contributed by atoms with Crippen molar-refractivity contribution in [1.82, 2.24) is 10.2 Å². The minimum Gasteiger partial charge on any atom is -0.335 e. The Bertz CT molecular complexity index is 509. The van der Waals surface area contributed by atoms with Gasteiger partial charge in [0.15, 0.2) is 0 Å². The zero-order valence-electron chi connectivity index (χ0n) is 12.5. The van der Waals surface area contributed by atoms with Gasteiger partial charge in [-0.2, -0.15) is 0 Å². The van der Waals surface area contributed by atoms with Gasteiger partial charge in [0.25, 0.3) is 0 Å². The number of benzene rings is 1. The van der Waals surface area contributed by atoms with Gasteiger partial charge in [0.2, 0.25) is 5.91 Å². The summed E-state index contributed by atoms with van der Waals surface area (Å²) in [5, 5.41) is 3.52. The number of carbonyl (C=O) groups is 1. The third-order valence-corrected chi connectivity index (χ3v) is 5.69. The van der Waals surface area contributed by atoms with Gasteiger partial charge in [-0.1, -0.05) is 43.2 Å². The molecule has 1 aliphatic carbocycles. The van der Waals surface area contributed by atoms with E-state index in [1.165, 1.54) is 18.4 Å². The van der Waals surface area contributed by atoms with Gasteiger partial charge < -0.3 is 10.2 Å². The summed E-state index contributed by atoms with van der Waals surface area (Å²) in [5.74, 6) is 1.96. The molecule has 3 nitrogen and oxygen atoms in total. The van der Waals surface area contributed by atoms with Crippen molar-refractivity contribution in [2.45, 2.75) is 31.7 Å². The normalized spacial score (nSPS) is 32.6. The molecule has 2 heterocycles. The molecule has 1 aromatic rings. The molecule has 3 fully saturated rings. The van der Waals surface area contributed by atoms with Gasteiger partial charge in [-0.15, -0.1) is 0 Å². The molecule has 0 aromatic heterocycles. The Balaban J connectivity index is 1.63. The van der Waals surface area contributed by atoms with Crippen molar-refractivity contribution < 1.29 is 4.79 Å². The molecule has 2 aliphatic heterocycles. The van der Waals surface area contributed by atoms with Crippen LogP contribution in [0.2, 0.25) is 0 Å². The van der Waals surface area contributed by atoms with E-state index < -0.39 is 0 Å². The van der Waals surface area contributed by atoms with Crippen molar-refractivity contribution in [3.63, 3.8) is 0 Å². The Morgan fingerprint density at radius 1 is 1.10 bits per heavy atom. The molecule has 0 radical (unpaired) electrons. The van der Waals surface area contributed by atoms with Gasteiger partial charge in [-0.05, 0) is 24.3 Å². The zero-order chi connectivity index (χ0) is 14.2. The summed E-state index contributed by atoms with van der Waals surface area (Å²) in [6, 6.07) is 10.9. The molecule has 3 atom stereocenters. The Hall–Kier alpha value is -1.35. The SMILES string of the molecule is O=C(C1CCCC1)N1C[C@@H]2CNC[C@@H]2[C@@H]1c1ccccc1. The second-order valence-corrected chi connectivity index (χ2v) is 6.91. The average molecular weight is 284 g/mol. The lowest BCUT2D eigenvalue weighted by atomic mass is 9.89. The number of carbonyl (C=O) groups excluding carboxylic acids is 1. The molecule has 1 aromatic carbocycles. The summed E-state index contributed by atoms with van der Waals surface area (Å²) in [7, 11) is 0. The first-order valence-corrected chi connectivity index (χ1v) is 8.41. The molecule has 3 aliphatic rings. The lowest BCUT2D eigenvalue weighted by molar-refractivity contribution is -0.136. The number of likely N-dealkylation sites (tertiary alicyclic amines) is 1. The highest BCUT2D eigenvalue weighted by Crippen LogP contribution is 2.44. The molecule has 0 spiro atoms. The third-order valence-electron chi connectivity index (χ3n) is 5.69. The molecule has 1 amide bonds. The van der Waals surface area contributed by atoms with Crippen LogP contribution in [0.15, 0.2) is 30.3 Å². The lowest BCUT2D eigenvalue weighted by Gasteiger charge is -2.30. The van der Waals surface area contributed by atoms with Gasteiger partial charge in [0.05, 0.1) is 6.04 Å². The van der Waals surface area contributed by atoms with Crippen LogP contribution >= 0.6 is 0 Å². The van der Waals surface area contributed by atoms with E-state index in [4.69, 9.17) is 0 Å². The molecule has 0 bridgehead atoms. The van der Waals surface area contributed by atoms with Crippen molar-refractivity contribution in [3.05, 3.63) is 35.9 Å². The van der Waals surface area contributed by atoms with Crippen LogP contribution in [0.5, 0.6) is 0 Å². The summed E-state index contributed by atoms with van der Waals surface area (Å²) < 4.78 is 0. The van der Waals surface area contributed by atoms with Crippen molar-refractivity contribution in [2.24, 2.45) is 17.8 Å². The Labute approximate surface area is 126 Å². The van der Waals surface area contributed by atoms with Crippen molar-refractivity contribution >= 4 is 5.91 Å². The summed E-state index contributed by atoms with van der Waals surface area (Å²) in [5.41, 5.74) is 1.32. The number of hydrogen-bond donors (Lipinski definition) is 1. The van der Waals surface area contributed by atoms with E-state index in [2.05, 4.69) is 40.5 Å². The van der Waals surface area contributed by atoms with Crippen LogP contribution in [0.25, 0.3) is 0 Å². The fourth-order valence-electron chi connectivity index (χ4n) is 4.63. The molecular formula is C18H24N2O. The molecule has 0 unspecified atom stereocenters. The van der Waals surface area contributed by atoms with Crippen molar-refractivity contribution in [1.29, 1.82) is 0 Å². The first kappa shape index (κ1) is 13.3. The number of rotatable bonds is 2. The molecule has 1 N–H and O–H groups in total. The van der Waals surface area contributed by atoms with Crippen molar-refractivity contribution in [3.8, 4) is 0 Å². The standard InChI is InChI=1S/C18H24N2O/c21-18(14-8-4-5-9-14)20-12-15-10-19-11-16(15)17(20)13-6-2-1-3-7-13/h1-3,6-7,14-17,19H,4-5,8-12H2/t15-,16-,17-/m0/s1. The first-order valence-electron chi connectivity index (χ1n) is 8.41. The van der Waals surface area contributed by atoms with E-state index in [-0.39, 0.29) is 0 Å². The average Bonchev–Trinajstić information content (AvgIpc) is 3.23. The second kappa shape index (κ2) is 5.45. The van der Waals surface area contributed by atoms with Crippen LogP contribution < -0.4 is 5.32 Å². The molecule has 4 rings (SSSR count). The Morgan fingerprint density at radius 3 is 2.62 bits per heavy atom. The predicted molar refractivity (Wildman–Crippen MR) is 82.7 cm³/mol. The fraction of sp³-hybridized carbons (Fsp3) is 0.611. The highest BCUT2D eigenvalue weighted by atomic mass is 16.2. The van der Waals surface area contributed by atoms with E-state index >= 15 is 0 Å². The first-order chi connectivity index (χ1) is 10.3. The molecular weight excluding hydrogens is 260 g/mol. The van der Waals surface area contributed by atoms with Crippen LogP contribution in [0.1, 0.15) is 37.3 Å². The summed E-state index contributed by atoms with van der Waals surface area (Å²) >= 11 is 0. The lowest BCUT2D eigenvalue weighted by Crippen LogP contribution is -2.37. The van der Waals surface area contributed by atoms with Crippen LogP contribution in [0.4, 0.5) is 0 Å². The number of hydrogen-bond acceptors (Lipinski definition) is 2. The second-order valence-electron chi connectivity index (χ2n) is 6.91. The van der Waals surface area contributed by atoms with Crippen LogP contribution in [-0.2, 0) is 4.79 Å². The fourth-order valence-corrected chi connectivity index (χ4v) is 4.63. The molecule has 2 saturated heterocycles. The predicted octanol–water partition coefficient (Wildman–Crippen LogP) is 2.60. The van der Waals surface area contributed by atoms with E-state index in [1.54, 1.807) is 0 Å². The topological polar surface area (TPSA) is 32.3 Å². The quantitative estimate of drug-likeness (QED) is 0.905. The largest absolute Gasteiger partial charge is 0.335 e. The third kappa shape index (κ3) is 2.28. The maximum Gasteiger partial charge on any atom is 0.226 e. The Morgan fingerprint density at radius 2 is 1.86 bits per heavy atom. The van der Waals surface area contributed by atoms with Gasteiger partial charge in [-0.25, -0.2) is 0 Å². The number of fused-ring (bicyclic) bond motifs is 1. The van der Waals surface area contributed by atoms with E-state index in [0.29, 0.717) is 29.7 Å².